The van der Waals surface area contributed by atoms with Gasteiger partial charge in [-0.25, -0.2) is 4.98 Å². The van der Waals surface area contributed by atoms with Gasteiger partial charge in [-0.05, 0) is 24.3 Å². The minimum atomic E-state index is -0.385. The Morgan fingerprint density at radius 2 is 1.88 bits per heavy atom. The van der Waals surface area contributed by atoms with Gasteiger partial charge in [-0.1, -0.05) is 24.3 Å². The number of hydrogen-bond donors (Lipinski definition) is 1. The average Bonchev–Trinajstić information content (AvgIpc) is 3.09. The van der Waals surface area contributed by atoms with Gasteiger partial charge in [0.25, 0.3) is 5.91 Å². The summed E-state index contributed by atoms with van der Waals surface area (Å²) < 4.78 is 11.4. The van der Waals surface area contributed by atoms with E-state index < -0.39 is 0 Å². The molecule has 26 heavy (non-hydrogen) atoms. The summed E-state index contributed by atoms with van der Waals surface area (Å²) in [7, 11) is 1.51. The van der Waals surface area contributed by atoms with Gasteiger partial charge in [0, 0.05) is 6.54 Å². The first kappa shape index (κ1) is 17.9. The van der Waals surface area contributed by atoms with Gasteiger partial charge in [-0.2, -0.15) is 0 Å². The second-order valence-corrected chi connectivity index (χ2v) is 6.56. The van der Waals surface area contributed by atoms with Gasteiger partial charge in [0.2, 0.25) is 0 Å². The van der Waals surface area contributed by atoms with Gasteiger partial charge >= 0.3 is 5.97 Å². The van der Waals surface area contributed by atoms with Crippen molar-refractivity contribution in [3.63, 3.8) is 0 Å². The molecule has 0 atom stereocenters. The van der Waals surface area contributed by atoms with Crippen LogP contribution in [-0.2, 0) is 16.1 Å². The SMILES string of the molecule is COc1ccccc1C(=O)NCCC(=O)OCc1nc2ccccc2s1. The number of nitrogens with one attached hydrogen (secondary N) is 1. The molecule has 3 rings (SSSR count). The van der Waals surface area contributed by atoms with Crippen molar-refractivity contribution in [1.29, 1.82) is 0 Å². The predicted molar refractivity (Wildman–Crippen MR) is 99.4 cm³/mol. The van der Waals surface area contributed by atoms with Gasteiger partial charge in [-0.3, -0.25) is 9.59 Å². The molecule has 2 aromatic carbocycles. The molecule has 1 N–H and O–H groups in total. The zero-order valence-corrected chi connectivity index (χ0v) is 15.0. The molecule has 0 aliphatic carbocycles. The molecule has 0 unspecified atom stereocenters. The third-order valence-electron chi connectivity index (χ3n) is 3.66. The third kappa shape index (κ3) is 4.37. The molecule has 1 aromatic heterocycles. The molecular formula is C19H18N2O4S. The zero-order valence-electron chi connectivity index (χ0n) is 14.2. The van der Waals surface area contributed by atoms with Crippen LogP contribution >= 0.6 is 11.3 Å². The highest BCUT2D eigenvalue weighted by atomic mass is 32.1. The number of esters is 1. The smallest absolute Gasteiger partial charge is 0.307 e. The van der Waals surface area contributed by atoms with Crippen molar-refractivity contribution in [2.24, 2.45) is 0 Å². The van der Waals surface area contributed by atoms with Crippen LogP contribution in [0.3, 0.4) is 0 Å². The van der Waals surface area contributed by atoms with Crippen LogP contribution in [0.15, 0.2) is 48.5 Å². The summed E-state index contributed by atoms with van der Waals surface area (Å²) in [6.07, 6.45) is 0.0891. The zero-order chi connectivity index (χ0) is 18.4. The van der Waals surface area contributed by atoms with Crippen molar-refractivity contribution < 1.29 is 19.1 Å². The Kier molecular flexibility index (Phi) is 5.80. The standard InChI is InChI=1S/C19H18N2O4S/c1-24-15-8-4-2-6-13(15)19(23)20-11-10-18(22)25-12-17-21-14-7-3-5-9-16(14)26-17/h2-9H,10-12H2,1H3,(H,20,23). The van der Waals surface area contributed by atoms with Gasteiger partial charge in [0.05, 0.1) is 29.3 Å². The topological polar surface area (TPSA) is 77.5 Å². The Bertz CT molecular complexity index is 890. The summed E-state index contributed by atoms with van der Waals surface area (Å²) in [5, 5.41) is 3.44. The molecule has 6 nitrogen and oxygen atoms in total. The van der Waals surface area contributed by atoms with E-state index in [0.29, 0.717) is 11.3 Å². The summed E-state index contributed by atoms with van der Waals surface area (Å²) in [4.78, 5) is 28.4. The normalized spacial score (nSPS) is 10.5. The summed E-state index contributed by atoms with van der Waals surface area (Å²) in [5.74, 6) is -0.186. The van der Waals surface area contributed by atoms with E-state index in [0.717, 1.165) is 15.2 Å². The van der Waals surface area contributed by atoms with Crippen LogP contribution in [-0.4, -0.2) is 30.5 Å². The number of carbonyl (C=O) groups excluding carboxylic acids is 2. The maximum absolute atomic E-state index is 12.1. The fourth-order valence-electron chi connectivity index (χ4n) is 2.40. The minimum absolute atomic E-state index is 0.0891. The molecule has 0 aliphatic heterocycles. The van der Waals surface area contributed by atoms with Gasteiger partial charge in [0.1, 0.15) is 17.4 Å². The molecule has 0 saturated carbocycles. The molecule has 0 saturated heterocycles. The molecule has 134 valence electrons. The minimum Gasteiger partial charge on any atom is -0.496 e. The van der Waals surface area contributed by atoms with Crippen molar-refractivity contribution >= 4 is 33.4 Å². The van der Waals surface area contributed by atoms with E-state index in [9.17, 15) is 9.59 Å². The highest BCUT2D eigenvalue weighted by Gasteiger charge is 2.12. The van der Waals surface area contributed by atoms with Crippen molar-refractivity contribution in [3.05, 3.63) is 59.1 Å². The number of methoxy groups -OCH3 is 1. The van der Waals surface area contributed by atoms with E-state index in [4.69, 9.17) is 9.47 Å². The number of ether oxygens (including phenoxy) is 2. The molecule has 0 spiro atoms. The number of para-hydroxylation sites is 2. The van der Waals surface area contributed by atoms with E-state index in [2.05, 4.69) is 10.3 Å². The lowest BCUT2D eigenvalue weighted by Gasteiger charge is -2.08. The first-order chi connectivity index (χ1) is 12.7. The van der Waals surface area contributed by atoms with Crippen molar-refractivity contribution in [2.45, 2.75) is 13.0 Å². The second-order valence-electron chi connectivity index (χ2n) is 5.44. The molecule has 1 heterocycles. The van der Waals surface area contributed by atoms with E-state index in [1.165, 1.54) is 18.4 Å². The first-order valence-electron chi connectivity index (χ1n) is 8.08. The molecule has 3 aromatic rings. The number of carbonyl (C=O) groups is 2. The Hall–Kier alpha value is -2.93. The van der Waals surface area contributed by atoms with Crippen LogP contribution in [0.2, 0.25) is 0 Å². The Labute approximate surface area is 154 Å². The lowest BCUT2D eigenvalue weighted by molar-refractivity contribution is -0.144. The molecular weight excluding hydrogens is 352 g/mol. The quantitative estimate of drug-likeness (QED) is 0.647. The third-order valence-corrected chi connectivity index (χ3v) is 4.67. The van der Waals surface area contributed by atoms with Gasteiger partial charge in [-0.15, -0.1) is 11.3 Å². The van der Waals surface area contributed by atoms with Crippen molar-refractivity contribution in [1.82, 2.24) is 10.3 Å². The number of aromatic nitrogens is 1. The van der Waals surface area contributed by atoms with E-state index >= 15 is 0 Å². The van der Waals surface area contributed by atoms with E-state index in [-0.39, 0.29) is 31.4 Å². The van der Waals surface area contributed by atoms with Crippen LogP contribution in [0, 0.1) is 0 Å². The second kappa shape index (κ2) is 8.44. The van der Waals surface area contributed by atoms with Gasteiger partial charge < -0.3 is 14.8 Å². The maximum atomic E-state index is 12.1. The number of hydrogen-bond acceptors (Lipinski definition) is 6. The number of benzene rings is 2. The number of nitrogens with zero attached hydrogens (tertiary/aromatic N) is 1. The molecule has 0 bridgehead atoms. The average molecular weight is 370 g/mol. The summed E-state index contributed by atoms with van der Waals surface area (Å²) in [5.41, 5.74) is 1.32. The lowest BCUT2D eigenvalue weighted by atomic mass is 10.2. The first-order valence-corrected chi connectivity index (χ1v) is 8.90. The summed E-state index contributed by atoms with van der Waals surface area (Å²) in [6, 6.07) is 14.7. The molecule has 7 heteroatoms. The van der Waals surface area contributed by atoms with E-state index in [1.807, 2.05) is 24.3 Å². The Balaban J connectivity index is 1.44. The van der Waals surface area contributed by atoms with Crippen LogP contribution in [0.1, 0.15) is 21.8 Å². The summed E-state index contributed by atoms with van der Waals surface area (Å²) in [6.45, 7) is 0.328. The number of rotatable bonds is 7. The Morgan fingerprint density at radius 3 is 2.69 bits per heavy atom. The largest absolute Gasteiger partial charge is 0.496 e. The number of amides is 1. The fourth-order valence-corrected chi connectivity index (χ4v) is 3.28. The van der Waals surface area contributed by atoms with Crippen molar-refractivity contribution in [3.8, 4) is 5.75 Å². The Morgan fingerprint density at radius 1 is 1.12 bits per heavy atom. The fraction of sp³-hybridized carbons (Fsp3) is 0.211. The number of fused-ring (bicyclic) bond motifs is 1. The monoisotopic (exact) mass is 370 g/mol. The van der Waals surface area contributed by atoms with Crippen molar-refractivity contribution in [2.75, 3.05) is 13.7 Å². The highest BCUT2D eigenvalue weighted by molar-refractivity contribution is 7.18. The predicted octanol–water partition coefficient (Wildman–Crippen LogP) is 3.17. The van der Waals surface area contributed by atoms with E-state index in [1.54, 1.807) is 24.3 Å². The molecule has 0 fully saturated rings. The maximum Gasteiger partial charge on any atom is 0.307 e. The summed E-state index contributed by atoms with van der Waals surface area (Å²) >= 11 is 1.50. The van der Waals surface area contributed by atoms with Gasteiger partial charge in [0.15, 0.2) is 0 Å². The lowest BCUT2D eigenvalue weighted by Crippen LogP contribution is -2.26. The molecule has 1 amide bonds. The van der Waals surface area contributed by atoms with Crippen LogP contribution in [0.25, 0.3) is 10.2 Å². The molecule has 0 radical (unpaired) electrons. The molecule has 0 aliphatic rings. The number of thiazole rings is 1. The van der Waals surface area contributed by atoms with Crippen LogP contribution < -0.4 is 10.1 Å². The van der Waals surface area contributed by atoms with Crippen LogP contribution in [0.5, 0.6) is 5.75 Å². The highest BCUT2D eigenvalue weighted by Crippen LogP contribution is 2.22. The van der Waals surface area contributed by atoms with Crippen LogP contribution in [0.4, 0.5) is 0 Å².